The van der Waals surface area contributed by atoms with E-state index in [0.717, 1.165) is 29.9 Å². The van der Waals surface area contributed by atoms with Gasteiger partial charge in [0.2, 0.25) is 5.91 Å². The molecule has 1 aromatic heterocycles. The zero-order chi connectivity index (χ0) is 26.8. The number of pyridine rings is 1. The van der Waals surface area contributed by atoms with Crippen molar-refractivity contribution in [1.82, 2.24) is 14.8 Å². The van der Waals surface area contributed by atoms with Crippen LogP contribution in [0.1, 0.15) is 30.1 Å². The van der Waals surface area contributed by atoms with Crippen molar-refractivity contribution in [3.05, 3.63) is 42.1 Å². The lowest BCUT2D eigenvalue weighted by molar-refractivity contribution is -0.119. The summed E-state index contributed by atoms with van der Waals surface area (Å²) >= 11 is 0. The molecule has 0 saturated carbocycles. The Morgan fingerprint density at radius 3 is 2.47 bits per heavy atom. The third-order valence-electron chi connectivity index (χ3n) is 7.57. The molecule has 5 rings (SSSR count). The van der Waals surface area contributed by atoms with E-state index in [1.165, 1.54) is 7.11 Å². The third-order valence-corrected chi connectivity index (χ3v) is 7.57. The van der Waals surface area contributed by atoms with Crippen LogP contribution < -0.4 is 15.1 Å². The minimum Gasteiger partial charge on any atom is -0.453 e. The van der Waals surface area contributed by atoms with Crippen LogP contribution in [-0.2, 0) is 14.3 Å². The monoisotopic (exact) mass is 522 g/mol. The molecule has 1 atom stereocenters. The summed E-state index contributed by atoms with van der Waals surface area (Å²) < 4.78 is 10.3. The molecule has 0 radical (unpaired) electrons. The quantitative estimate of drug-likeness (QED) is 0.653. The fourth-order valence-corrected chi connectivity index (χ4v) is 5.46. The number of carbonyl (C=O) groups excluding carboxylic acids is 3. The molecule has 3 amide bonds. The molecule has 0 bridgehead atoms. The summed E-state index contributed by atoms with van der Waals surface area (Å²) in [5.41, 5.74) is 3.03. The Labute approximate surface area is 222 Å². The van der Waals surface area contributed by atoms with E-state index in [4.69, 9.17) is 9.47 Å². The largest absolute Gasteiger partial charge is 0.453 e. The number of carbonyl (C=O) groups is 3. The van der Waals surface area contributed by atoms with E-state index >= 15 is 0 Å². The average molecular weight is 523 g/mol. The van der Waals surface area contributed by atoms with Crippen LogP contribution in [0, 0.1) is 0 Å². The number of rotatable bonds is 4. The van der Waals surface area contributed by atoms with Gasteiger partial charge in [-0.1, -0.05) is 6.07 Å². The van der Waals surface area contributed by atoms with E-state index < -0.39 is 0 Å². The van der Waals surface area contributed by atoms with Crippen molar-refractivity contribution < 1.29 is 23.9 Å². The van der Waals surface area contributed by atoms with E-state index in [1.54, 1.807) is 34.0 Å². The Morgan fingerprint density at radius 1 is 1.05 bits per heavy atom. The standard InChI is InChI=1S/C27H34N6O5/c1-18-25(34)30(2)23-17-28-24(16-22(23)33(18)21-7-13-38-14-8-21)29-20-6-4-5-19(15-20)26(35)31-9-11-32(12-10-31)27(36)37-3/h4-6,15-18,21H,7-14H2,1-3H3,(H,28,29). The van der Waals surface area contributed by atoms with Gasteiger partial charge in [-0.25, -0.2) is 9.78 Å². The van der Waals surface area contributed by atoms with Crippen molar-refractivity contribution in [1.29, 1.82) is 0 Å². The SMILES string of the molecule is COC(=O)N1CCN(C(=O)c2cccc(Nc3cc4c(cn3)N(C)C(=O)C(C)N4C3CCOCC3)c2)CC1. The fourth-order valence-electron chi connectivity index (χ4n) is 5.46. The van der Waals surface area contributed by atoms with E-state index in [1.807, 2.05) is 31.2 Å². The molecule has 1 aromatic carbocycles. The van der Waals surface area contributed by atoms with Crippen LogP contribution in [0.5, 0.6) is 0 Å². The maximum Gasteiger partial charge on any atom is 0.409 e. The van der Waals surface area contributed by atoms with E-state index in [9.17, 15) is 14.4 Å². The summed E-state index contributed by atoms with van der Waals surface area (Å²) in [5, 5.41) is 3.34. The minimum absolute atomic E-state index is 0.0464. The van der Waals surface area contributed by atoms with Crippen LogP contribution in [0.4, 0.5) is 27.7 Å². The van der Waals surface area contributed by atoms with Gasteiger partial charge in [-0.3, -0.25) is 9.59 Å². The third kappa shape index (κ3) is 4.98. The number of nitrogens with zero attached hydrogens (tertiary/aromatic N) is 5. The first-order valence-electron chi connectivity index (χ1n) is 13.0. The lowest BCUT2D eigenvalue weighted by Gasteiger charge is -2.45. The number of methoxy groups -OCH3 is 1. The van der Waals surface area contributed by atoms with Crippen LogP contribution in [0.2, 0.25) is 0 Å². The molecular weight excluding hydrogens is 488 g/mol. The normalized spacial score (nSPS) is 20.3. The van der Waals surface area contributed by atoms with Crippen molar-refractivity contribution >= 4 is 40.8 Å². The Hall–Kier alpha value is -3.86. The van der Waals surface area contributed by atoms with Crippen LogP contribution in [0.3, 0.4) is 0 Å². The fraction of sp³-hybridized carbons (Fsp3) is 0.481. The second-order valence-electron chi connectivity index (χ2n) is 9.84. The van der Waals surface area contributed by atoms with Gasteiger partial charge in [0.1, 0.15) is 11.9 Å². The van der Waals surface area contributed by atoms with Gasteiger partial charge in [-0.15, -0.1) is 0 Å². The topological polar surface area (TPSA) is 108 Å². The first-order valence-corrected chi connectivity index (χ1v) is 13.0. The molecule has 11 nitrogen and oxygen atoms in total. The lowest BCUT2D eigenvalue weighted by Crippen LogP contribution is -2.55. The van der Waals surface area contributed by atoms with Crippen molar-refractivity contribution in [2.45, 2.75) is 31.8 Å². The van der Waals surface area contributed by atoms with Crippen molar-refractivity contribution in [3.8, 4) is 0 Å². The smallest absolute Gasteiger partial charge is 0.409 e. The van der Waals surface area contributed by atoms with Crippen LogP contribution in [0.15, 0.2) is 36.5 Å². The van der Waals surface area contributed by atoms with E-state index in [-0.39, 0.29) is 30.0 Å². The van der Waals surface area contributed by atoms with Gasteiger partial charge in [0.15, 0.2) is 0 Å². The van der Waals surface area contributed by atoms with Gasteiger partial charge in [-0.2, -0.15) is 0 Å². The van der Waals surface area contributed by atoms with Gasteiger partial charge >= 0.3 is 6.09 Å². The Bertz CT molecular complexity index is 1210. The summed E-state index contributed by atoms with van der Waals surface area (Å²) in [6.45, 7) is 5.09. The van der Waals surface area contributed by atoms with Crippen molar-refractivity contribution in [2.24, 2.45) is 0 Å². The molecule has 202 valence electrons. The zero-order valence-corrected chi connectivity index (χ0v) is 22.1. The minimum atomic E-state index is -0.374. The highest BCUT2D eigenvalue weighted by atomic mass is 16.5. The highest BCUT2D eigenvalue weighted by Crippen LogP contribution is 2.39. The highest BCUT2D eigenvalue weighted by molar-refractivity contribution is 6.05. The van der Waals surface area contributed by atoms with E-state index in [0.29, 0.717) is 50.8 Å². The summed E-state index contributed by atoms with van der Waals surface area (Å²) in [5.74, 6) is 0.591. The van der Waals surface area contributed by atoms with E-state index in [2.05, 4.69) is 15.2 Å². The summed E-state index contributed by atoms with van der Waals surface area (Å²) in [7, 11) is 3.14. The van der Waals surface area contributed by atoms with Crippen LogP contribution in [-0.4, -0.2) is 98.3 Å². The first kappa shape index (κ1) is 25.8. The second-order valence-corrected chi connectivity index (χ2v) is 9.84. The number of benzene rings is 1. The number of likely N-dealkylation sites (N-methyl/N-ethyl adjacent to an activating group) is 1. The maximum absolute atomic E-state index is 13.2. The number of piperazine rings is 1. The number of nitrogens with one attached hydrogen (secondary N) is 1. The molecule has 0 aliphatic carbocycles. The second kappa shape index (κ2) is 10.9. The first-order chi connectivity index (χ1) is 18.4. The number of aromatic nitrogens is 1. The molecular formula is C27H34N6O5. The molecule has 0 spiro atoms. The molecule has 1 unspecified atom stereocenters. The van der Waals surface area contributed by atoms with Crippen molar-refractivity contribution in [3.63, 3.8) is 0 Å². The average Bonchev–Trinajstić information content (AvgIpc) is 2.96. The molecule has 3 aliphatic rings. The molecule has 11 heteroatoms. The lowest BCUT2D eigenvalue weighted by atomic mass is 10.00. The number of amides is 3. The molecule has 38 heavy (non-hydrogen) atoms. The van der Waals surface area contributed by atoms with Gasteiger partial charge in [-0.05, 0) is 38.0 Å². The van der Waals surface area contributed by atoms with Gasteiger partial charge in [0.25, 0.3) is 5.91 Å². The molecule has 1 N–H and O–H groups in total. The van der Waals surface area contributed by atoms with Crippen molar-refractivity contribution in [2.75, 3.05) is 68.7 Å². The number of fused-ring (bicyclic) bond motifs is 1. The molecule has 2 aromatic rings. The number of hydrogen-bond acceptors (Lipinski definition) is 8. The number of hydrogen-bond donors (Lipinski definition) is 1. The van der Waals surface area contributed by atoms with Gasteiger partial charge < -0.3 is 34.4 Å². The predicted molar refractivity (Wildman–Crippen MR) is 143 cm³/mol. The van der Waals surface area contributed by atoms with Gasteiger partial charge in [0.05, 0.1) is 24.7 Å². The summed E-state index contributed by atoms with van der Waals surface area (Å²) in [6, 6.07) is 9.23. The Kier molecular flexibility index (Phi) is 7.37. The number of ether oxygens (including phenoxy) is 2. The summed E-state index contributed by atoms with van der Waals surface area (Å²) in [4.78, 5) is 49.7. The molecule has 3 aliphatic heterocycles. The zero-order valence-electron chi connectivity index (χ0n) is 22.1. The Balaban J connectivity index is 1.34. The van der Waals surface area contributed by atoms with Crippen LogP contribution >= 0.6 is 0 Å². The van der Waals surface area contributed by atoms with Crippen LogP contribution in [0.25, 0.3) is 0 Å². The summed E-state index contributed by atoms with van der Waals surface area (Å²) in [6.07, 6.45) is 3.08. The molecule has 2 saturated heterocycles. The number of anilines is 4. The maximum atomic E-state index is 13.2. The van der Waals surface area contributed by atoms with Gasteiger partial charge in [0, 0.05) is 69.8 Å². The highest BCUT2D eigenvalue weighted by Gasteiger charge is 2.38. The molecule has 2 fully saturated rings. The molecule has 4 heterocycles. The Morgan fingerprint density at radius 2 is 1.76 bits per heavy atom. The predicted octanol–water partition coefficient (Wildman–Crippen LogP) is 2.70.